The molecule has 19 heavy (non-hydrogen) atoms. The first kappa shape index (κ1) is 12.0. The van der Waals surface area contributed by atoms with Crippen LogP contribution in [0.1, 0.15) is 18.1 Å². The number of halogens is 1. The summed E-state index contributed by atoms with van der Waals surface area (Å²) in [6, 6.07) is 13.5. The Morgan fingerprint density at radius 2 is 2.00 bits per heavy atom. The topological polar surface area (TPSA) is 29.3 Å². The van der Waals surface area contributed by atoms with Crippen LogP contribution in [0.25, 0.3) is 0 Å². The van der Waals surface area contributed by atoms with Crippen LogP contribution < -0.4 is 10.6 Å². The predicted molar refractivity (Wildman–Crippen MR) is 76.6 cm³/mol. The molecule has 0 saturated heterocycles. The van der Waals surface area contributed by atoms with Gasteiger partial charge >= 0.3 is 0 Å². The lowest BCUT2D eigenvalue weighted by atomic mass is 10.1. The van der Waals surface area contributed by atoms with E-state index in [1.807, 2.05) is 12.1 Å². The normalized spacial score (nSPS) is 17.6. The molecule has 1 unspecified atom stereocenters. The summed E-state index contributed by atoms with van der Waals surface area (Å²) >= 11 is 0. The number of hydrogen-bond donors (Lipinski definition) is 1. The zero-order valence-electron chi connectivity index (χ0n) is 10.9. The summed E-state index contributed by atoms with van der Waals surface area (Å²) in [5.74, 6) is -0.225. The van der Waals surface area contributed by atoms with Gasteiger partial charge in [0.05, 0.1) is 0 Å². The molecule has 0 fully saturated rings. The van der Waals surface area contributed by atoms with E-state index in [1.165, 1.54) is 17.3 Å². The van der Waals surface area contributed by atoms with Gasteiger partial charge in [-0.1, -0.05) is 24.3 Å². The first-order chi connectivity index (χ1) is 9.16. The Balaban J connectivity index is 1.96. The van der Waals surface area contributed by atoms with Crippen LogP contribution in [0.5, 0.6) is 0 Å². The lowest BCUT2D eigenvalue weighted by molar-refractivity contribution is 0.594. The second-order valence-corrected chi connectivity index (χ2v) is 5.12. The summed E-state index contributed by atoms with van der Waals surface area (Å²) in [6.07, 6.45) is 1.00. The number of fused-ring (bicyclic) bond motifs is 1. The lowest BCUT2D eigenvalue weighted by Crippen LogP contribution is -2.29. The van der Waals surface area contributed by atoms with Gasteiger partial charge < -0.3 is 10.6 Å². The number of nitrogens with two attached hydrogens (primary N) is 1. The molecule has 0 saturated carbocycles. The van der Waals surface area contributed by atoms with E-state index < -0.39 is 0 Å². The predicted octanol–water partition coefficient (Wildman–Crippen LogP) is 3.36. The van der Waals surface area contributed by atoms with Crippen molar-refractivity contribution in [3.63, 3.8) is 0 Å². The first-order valence-electron chi connectivity index (χ1n) is 6.54. The highest BCUT2D eigenvalue weighted by molar-refractivity contribution is 5.61. The molecule has 0 aliphatic carbocycles. The van der Waals surface area contributed by atoms with Crippen LogP contribution in [0.3, 0.4) is 0 Å². The van der Waals surface area contributed by atoms with Crippen molar-refractivity contribution in [3.05, 3.63) is 59.4 Å². The molecule has 3 heteroatoms. The Morgan fingerprint density at radius 3 is 2.79 bits per heavy atom. The van der Waals surface area contributed by atoms with E-state index in [1.54, 1.807) is 12.1 Å². The molecule has 0 bridgehead atoms. The number of hydrogen-bond acceptors (Lipinski definition) is 2. The average Bonchev–Trinajstić information content (AvgIpc) is 2.70. The highest BCUT2D eigenvalue weighted by Crippen LogP contribution is 2.34. The van der Waals surface area contributed by atoms with Crippen LogP contribution in [0.4, 0.5) is 15.8 Å². The second kappa shape index (κ2) is 4.57. The highest BCUT2D eigenvalue weighted by atomic mass is 19.1. The molecular formula is C16H17FN2. The number of para-hydroxylation sites is 1. The van der Waals surface area contributed by atoms with Crippen molar-refractivity contribution < 1.29 is 4.39 Å². The molecule has 1 heterocycles. The van der Waals surface area contributed by atoms with Crippen molar-refractivity contribution in [2.24, 2.45) is 0 Å². The Morgan fingerprint density at radius 1 is 1.21 bits per heavy atom. The van der Waals surface area contributed by atoms with Gasteiger partial charge in [-0.15, -0.1) is 0 Å². The van der Waals surface area contributed by atoms with Gasteiger partial charge in [-0.25, -0.2) is 4.39 Å². The van der Waals surface area contributed by atoms with Crippen molar-refractivity contribution >= 4 is 11.4 Å². The van der Waals surface area contributed by atoms with E-state index in [9.17, 15) is 4.39 Å². The van der Waals surface area contributed by atoms with Gasteiger partial charge in [-0.2, -0.15) is 0 Å². The quantitative estimate of drug-likeness (QED) is 0.835. The molecule has 98 valence electrons. The van der Waals surface area contributed by atoms with Crippen molar-refractivity contribution in [1.82, 2.24) is 0 Å². The smallest absolute Gasteiger partial charge is 0.130 e. The number of rotatable bonds is 2. The molecule has 1 aliphatic rings. The Bertz CT molecular complexity index is 589. The Kier molecular flexibility index (Phi) is 2.90. The van der Waals surface area contributed by atoms with Crippen LogP contribution in [0.15, 0.2) is 42.5 Å². The SMILES string of the molecule is CC1Cc2ccccc2N1Cc1c(N)cccc1F. The summed E-state index contributed by atoms with van der Waals surface area (Å²) in [5, 5.41) is 0. The molecule has 3 rings (SSSR count). The average molecular weight is 256 g/mol. The molecule has 1 atom stereocenters. The number of nitrogen functional groups attached to an aromatic ring is 1. The third kappa shape index (κ3) is 2.05. The summed E-state index contributed by atoms with van der Waals surface area (Å²) in [4.78, 5) is 2.23. The summed E-state index contributed by atoms with van der Waals surface area (Å²) in [5.41, 5.74) is 9.53. The fourth-order valence-corrected chi connectivity index (χ4v) is 2.78. The van der Waals surface area contributed by atoms with E-state index in [0.29, 0.717) is 23.8 Å². The van der Waals surface area contributed by atoms with Gasteiger partial charge in [0.15, 0.2) is 0 Å². The molecule has 2 aromatic rings. The van der Waals surface area contributed by atoms with E-state index >= 15 is 0 Å². The summed E-state index contributed by atoms with van der Waals surface area (Å²) in [7, 11) is 0. The fourth-order valence-electron chi connectivity index (χ4n) is 2.78. The van der Waals surface area contributed by atoms with Crippen LogP contribution in [0, 0.1) is 5.82 Å². The van der Waals surface area contributed by atoms with Crippen LogP contribution >= 0.6 is 0 Å². The highest BCUT2D eigenvalue weighted by Gasteiger charge is 2.26. The van der Waals surface area contributed by atoms with Gasteiger partial charge in [-0.05, 0) is 37.1 Å². The maximum atomic E-state index is 13.9. The minimum atomic E-state index is -0.225. The molecule has 1 aliphatic heterocycles. The lowest BCUT2D eigenvalue weighted by Gasteiger charge is -2.25. The minimum Gasteiger partial charge on any atom is -0.398 e. The molecule has 2 aromatic carbocycles. The van der Waals surface area contributed by atoms with Gasteiger partial charge in [0.2, 0.25) is 0 Å². The van der Waals surface area contributed by atoms with Crippen molar-refractivity contribution in [2.75, 3.05) is 10.6 Å². The zero-order chi connectivity index (χ0) is 13.4. The number of anilines is 2. The first-order valence-corrected chi connectivity index (χ1v) is 6.54. The maximum absolute atomic E-state index is 13.9. The number of benzene rings is 2. The Labute approximate surface area is 112 Å². The standard InChI is InChI=1S/C16H17FN2/c1-11-9-12-5-2-3-8-16(12)19(11)10-13-14(17)6-4-7-15(13)18/h2-8,11H,9-10,18H2,1H3. The molecule has 0 amide bonds. The molecular weight excluding hydrogens is 239 g/mol. The van der Waals surface area contributed by atoms with E-state index in [2.05, 4.69) is 24.0 Å². The van der Waals surface area contributed by atoms with E-state index in [-0.39, 0.29) is 5.82 Å². The largest absolute Gasteiger partial charge is 0.398 e. The van der Waals surface area contributed by atoms with Crippen LogP contribution in [-0.4, -0.2) is 6.04 Å². The van der Waals surface area contributed by atoms with Crippen LogP contribution in [0.2, 0.25) is 0 Å². The van der Waals surface area contributed by atoms with Gasteiger partial charge in [0.1, 0.15) is 5.82 Å². The third-order valence-corrected chi connectivity index (χ3v) is 3.83. The van der Waals surface area contributed by atoms with E-state index in [0.717, 1.165) is 6.42 Å². The maximum Gasteiger partial charge on any atom is 0.130 e. The monoisotopic (exact) mass is 256 g/mol. The molecule has 0 radical (unpaired) electrons. The summed E-state index contributed by atoms with van der Waals surface area (Å²) < 4.78 is 13.9. The fraction of sp³-hybridized carbons (Fsp3) is 0.250. The summed E-state index contributed by atoms with van der Waals surface area (Å²) in [6.45, 7) is 2.69. The number of nitrogens with zero attached hydrogens (tertiary/aromatic N) is 1. The van der Waals surface area contributed by atoms with Crippen molar-refractivity contribution in [2.45, 2.75) is 25.9 Å². The molecule has 2 nitrogen and oxygen atoms in total. The zero-order valence-corrected chi connectivity index (χ0v) is 10.9. The third-order valence-electron chi connectivity index (χ3n) is 3.83. The minimum absolute atomic E-state index is 0.225. The van der Waals surface area contributed by atoms with Crippen LogP contribution in [-0.2, 0) is 13.0 Å². The Hall–Kier alpha value is -2.03. The second-order valence-electron chi connectivity index (χ2n) is 5.12. The van der Waals surface area contributed by atoms with Gasteiger partial charge in [0.25, 0.3) is 0 Å². The van der Waals surface area contributed by atoms with Crippen molar-refractivity contribution in [3.8, 4) is 0 Å². The van der Waals surface area contributed by atoms with Gasteiger partial charge in [0, 0.05) is 29.5 Å². The van der Waals surface area contributed by atoms with E-state index in [4.69, 9.17) is 5.73 Å². The molecule has 2 N–H and O–H groups in total. The van der Waals surface area contributed by atoms with Gasteiger partial charge in [-0.3, -0.25) is 0 Å². The molecule has 0 spiro atoms. The molecule has 0 aromatic heterocycles. The van der Waals surface area contributed by atoms with Crippen molar-refractivity contribution in [1.29, 1.82) is 0 Å².